The van der Waals surface area contributed by atoms with Gasteiger partial charge in [0.15, 0.2) is 0 Å². The summed E-state index contributed by atoms with van der Waals surface area (Å²) in [7, 11) is 0. The molecule has 2 rings (SSSR count). The summed E-state index contributed by atoms with van der Waals surface area (Å²) in [4.78, 5) is 0. The largest absolute Gasteiger partial charge is 0.416 e. The van der Waals surface area contributed by atoms with Crippen molar-refractivity contribution in [2.75, 3.05) is 0 Å². The summed E-state index contributed by atoms with van der Waals surface area (Å²) >= 11 is 0. The monoisotopic (exact) mass is 213 g/mol. The fraction of sp³-hybridized carbons (Fsp3) is 0.100. The molecule has 0 atom stereocenters. The van der Waals surface area contributed by atoms with Crippen molar-refractivity contribution in [2.45, 2.75) is 6.18 Å². The van der Waals surface area contributed by atoms with Crippen LogP contribution in [-0.2, 0) is 6.18 Å². The third-order valence-electron chi connectivity index (χ3n) is 1.92. The zero-order valence-electron chi connectivity index (χ0n) is 7.45. The van der Waals surface area contributed by atoms with Gasteiger partial charge >= 0.3 is 6.18 Å². The standard InChI is InChI=1S/C10H6F3NO/c11-10(12,13)8-3-1-2-7(6-8)9-4-5-15-14-9/h1-6H. The van der Waals surface area contributed by atoms with E-state index in [-0.39, 0.29) is 0 Å². The fourth-order valence-electron chi connectivity index (χ4n) is 1.22. The third kappa shape index (κ3) is 2.01. The summed E-state index contributed by atoms with van der Waals surface area (Å²) in [5, 5.41) is 3.57. The average Bonchev–Trinajstić information content (AvgIpc) is 2.69. The van der Waals surface area contributed by atoms with Crippen molar-refractivity contribution >= 4 is 0 Å². The highest BCUT2D eigenvalue weighted by Gasteiger charge is 2.30. The van der Waals surface area contributed by atoms with E-state index >= 15 is 0 Å². The van der Waals surface area contributed by atoms with E-state index in [0.717, 1.165) is 12.1 Å². The van der Waals surface area contributed by atoms with Gasteiger partial charge < -0.3 is 4.52 Å². The summed E-state index contributed by atoms with van der Waals surface area (Å²) in [6, 6.07) is 6.46. The van der Waals surface area contributed by atoms with Crippen molar-refractivity contribution in [1.82, 2.24) is 5.16 Å². The van der Waals surface area contributed by atoms with Crippen LogP contribution in [0.3, 0.4) is 0 Å². The van der Waals surface area contributed by atoms with E-state index < -0.39 is 11.7 Å². The van der Waals surface area contributed by atoms with E-state index in [9.17, 15) is 13.2 Å². The Hall–Kier alpha value is -1.78. The van der Waals surface area contributed by atoms with E-state index in [1.807, 2.05) is 0 Å². The minimum Gasteiger partial charge on any atom is -0.364 e. The number of hydrogen-bond acceptors (Lipinski definition) is 2. The molecule has 0 bridgehead atoms. The molecule has 0 aliphatic heterocycles. The highest BCUT2D eigenvalue weighted by molar-refractivity contribution is 5.59. The van der Waals surface area contributed by atoms with Crippen molar-refractivity contribution in [3.05, 3.63) is 42.2 Å². The lowest BCUT2D eigenvalue weighted by molar-refractivity contribution is -0.137. The van der Waals surface area contributed by atoms with Crippen molar-refractivity contribution in [2.24, 2.45) is 0 Å². The second-order valence-corrected chi connectivity index (χ2v) is 2.96. The zero-order chi connectivity index (χ0) is 10.9. The topological polar surface area (TPSA) is 26.0 Å². The molecule has 0 saturated carbocycles. The summed E-state index contributed by atoms with van der Waals surface area (Å²) in [6.45, 7) is 0. The molecule has 2 nitrogen and oxygen atoms in total. The summed E-state index contributed by atoms with van der Waals surface area (Å²) in [5.74, 6) is 0. The van der Waals surface area contributed by atoms with Crippen LogP contribution in [-0.4, -0.2) is 5.16 Å². The molecule has 0 fully saturated rings. The van der Waals surface area contributed by atoms with Gasteiger partial charge in [-0.2, -0.15) is 13.2 Å². The Morgan fingerprint density at radius 3 is 2.53 bits per heavy atom. The molecule has 0 unspecified atom stereocenters. The fourth-order valence-corrected chi connectivity index (χ4v) is 1.22. The van der Waals surface area contributed by atoms with Crippen LogP contribution < -0.4 is 0 Å². The number of rotatable bonds is 1. The molecule has 0 spiro atoms. The van der Waals surface area contributed by atoms with Gasteiger partial charge in [0.05, 0.1) is 5.56 Å². The molecule has 0 amide bonds. The van der Waals surface area contributed by atoms with Crippen LogP contribution in [0.25, 0.3) is 11.3 Å². The Kier molecular flexibility index (Phi) is 2.22. The van der Waals surface area contributed by atoms with E-state index in [1.54, 1.807) is 6.07 Å². The van der Waals surface area contributed by atoms with Crippen LogP contribution in [0.5, 0.6) is 0 Å². The summed E-state index contributed by atoms with van der Waals surface area (Å²) < 4.78 is 41.7. The second-order valence-electron chi connectivity index (χ2n) is 2.96. The lowest BCUT2D eigenvalue weighted by Gasteiger charge is -2.06. The first-order chi connectivity index (χ1) is 7.07. The molecule has 0 aliphatic carbocycles. The molecule has 2 aromatic rings. The molecular formula is C10H6F3NO. The normalized spacial score (nSPS) is 11.7. The first kappa shape index (κ1) is 9.76. The predicted molar refractivity (Wildman–Crippen MR) is 46.9 cm³/mol. The molecule has 0 aliphatic rings. The smallest absolute Gasteiger partial charge is 0.364 e. The Morgan fingerprint density at radius 1 is 1.13 bits per heavy atom. The van der Waals surface area contributed by atoms with E-state index in [1.165, 1.54) is 18.4 Å². The van der Waals surface area contributed by atoms with Crippen molar-refractivity contribution in [3.8, 4) is 11.3 Å². The number of nitrogens with zero attached hydrogens (tertiary/aromatic N) is 1. The highest BCUT2D eigenvalue weighted by atomic mass is 19.4. The number of hydrogen-bond donors (Lipinski definition) is 0. The average molecular weight is 213 g/mol. The van der Waals surface area contributed by atoms with Crippen molar-refractivity contribution in [1.29, 1.82) is 0 Å². The van der Waals surface area contributed by atoms with Crippen LogP contribution in [0.2, 0.25) is 0 Å². The molecule has 5 heteroatoms. The summed E-state index contributed by atoms with van der Waals surface area (Å²) in [6.07, 6.45) is -3.02. The molecule has 78 valence electrons. The molecule has 1 aromatic heterocycles. The molecule has 1 aromatic carbocycles. The highest BCUT2D eigenvalue weighted by Crippen LogP contribution is 2.31. The number of halogens is 3. The first-order valence-corrected chi connectivity index (χ1v) is 4.15. The molecular weight excluding hydrogens is 207 g/mol. The van der Waals surface area contributed by atoms with Crippen LogP contribution in [0, 0.1) is 0 Å². The maximum absolute atomic E-state index is 12.4. The number of aromatic nitrogens is 1. The Labute approximate surface area is 83.3 Å². The Morgan fingerprint density at radius 2 is 1.93 bits per heavy atom. The molecule has 0 radical (unpaired) electrons. The second kappa shape index (κ2) is 3.42. The van der Waals surface area contributed by atoms with Gasteiger partial charge in [-0.3, -0.25) is 0 Å². The number of alkyl halides is 3. The minimum absolute atomic E-state index is 0.388. The van der Waals surface area contributed by atoms with Crippen molar-refractivity contribution in [3.63, 3.8) is 0 Å². The van der Waals surface area contributed by atoms with Crippen molar-refractivity contribution < 1.29 is 17.7 Å². The Bertz CT molecular complexity index is 448. The molecule has 0 saturated heterocycles. The maximum atomic E-state index is 12.4. The van der Waals surface area contributed by atoms with Gasteiger partial charge in [0.1, 0.15) is 12.0 Å². The molecule has 15 heavy (non-hydrogen) atoms. The Balaban J connectivity index is 2.44. The maximum Gasteiger partial charge on any atom is 0.416 e. The minimum atomic E-state index is -4.33. The van der Waals surface area contributed by atoms with Gasteiger partial charge in [-0.05, 0) is 12.1 Å². The van der Waals surface area contributed by atoms with E-state index in [0.29, 0.717) is 11.3 Å². The SMILES string of the molecule is FC(F)(F)c1cccc(-c2ccon2)c1. The first-order valence-electron chi connectivity index (χ1n) is 4.15. The predicted octanol–water partition coefficient (Wildman–Crippen LogP) is 3.36. The van der Waals surface area contributed by atoms with Gasteiger partial charge in [0.25, 0.3) is 0 Å². The van der Waals surface area contributed by atoms with E-state index in [2.05, 4.69) is 9.68 Å². The lowest BCUT2D eigenvalue weighted by Crippen LogP contribution is -2.04. The van der Waals surface area contributed by atoms with Gasteiger partial charge in [0, 0.05) is 11.6 Å². The summed E-state index contributed by atoms with van der Waals surface area (Å²) in [5.41, 5.74) is 0.0858. The zero-order valence-corrected chi connectivity index (χ0v) is 7.45. The van der Waals surface area contributed by atoms with E-state index in [4.69, 9.17) is 0 Å². The molecule has 1 heterocycles. The molecule has 0 N–H and O–H groups in total. The van der Waals surface area contributed by atoms with Crippen LogP contribution in [0.15, 0.2) is 41.1 Å². The van der Waals surface area contributed by atoms with Crippen LogP contribution in [0.1, 0.15) is 5.56 Å². The quantitative estimate of drug-likeness (QED) is 0.725. The van der Waals surface area contributed by atoms with Gasteiger partial charge in [-0.1, -0.05) is 17.3 Å². The lowest BCUT2D eigenvalue weighted by atomic mass is 10.1. The number of benzene rings is 1. The van der Waals surface area contributed by atoms with Gasteiger partial charge in [-0.15, -0.1) is 0 Å². The third-order valence-corrected chi connectivity index (χ3v) is 1.92. The van der Waals surface area contributed by atoms with Gasteiger partial charge in [-0.25, -0.2) is 0 Å². The van der Waals surface area contributed by atoms with Crippen LogP contribution in [0.4, 0.5) is 13.2 Å². The van der Waals surface area contributed by atoms with Crippen LogP contribution >= 0.6 is 0 Å². The van der Waals surface area contributed by atoms with Gasteiger partial charge in [0.2, 0.25) is 0 Å².